The third-order valence-electron chi connectivity index (χ3n) is 1.81. The number of nitrogens with zero attached hydrogens (tertiary/aromatic N) is 2. The summed E-state index contributed by atoms with van der Waals surface area (Å²) in [6.45, 7) is 2.80. The summed E-state index contributed by atoms with van der Waals surface area (Å²) in [5.41, 5.74) is 2.28. The first-order chi connectivity index (χ1) is 6.84. The highest BCUT2D eigenvalue weighted by Crippen LogP contribution is 2.15. The van der Waals surface area contributed by atoms with Gasteiger partial charge in [0, 0.05) is 24.3 Å². The molecule has 0 radical (unpaired) electrons. The van der Waals surface area contributed by atoms with E-state index >= 15 is 0 Å². The van der Waals surface area contributed by atoms with E-state index in [1.165, 1.54) is 5.56 Å². The van der Waals surface area contributed by atoms with Gasteiger partial charge in [-0.3, -0.25) is 4.98 Å². The molecule has 0 atom stereocenters. The summed E-state index contributed by atoms with van der Waals surface area (Å²) in [5, 5.41) is 6.27. The molecule has 0 aliphatic rings. The van der Waals surface area contributed by atoms with Gasteiger partial charge in [0.15, 0.2) is 5.13 Å². The molecule has 0 saturated heterocycles. The summed E-state index contributed by atoms with van der Waals surface area (Å²) in [6.07, 6.45) is 3.59. The number of anilines is 1. The fraction of sp³-hybridized carbons (Fsp3) is 0.200. The quantitative estimate of drug-likeness (QED) is 0.836. The average Bonchev–Trinajstić information content (AvgIpc) is 2.63. The summed E-state index contributed by atoms with van der Waals surface area (Å²) in [6, 6.07) is 3.99. The highest BCUT2D eigenvalue weighted by Gasteiger charge is 1.97. The zero-order valence-corrected chi connectivity index (χ0v) is 8.71. The molecule has 2 heterocycles. The van der Waals surface area contributed by atoms with Crippen LogP contribution in [0.4, 0.5) is 5.13 Å². The van der Waals surface area contributed by atoms with Gasteiger partial charge in [0.25, 0.3) is 0 Å². The molecule has 0 aromatic carbocycles. The van der Waals surface area contributed by atoms with Crippen molar-refractivity contribution in [3.63, 3.8) is 0 Å². The minimum absolute atomic E-state index is 0.801. The molecular formula is C10H11N3S. The SMILES string of the molecule is Cc1csc(NCc2ccncc2)n1. The van der Waals surface area contributed by atoms with Crippen LogP contribution in [0.3, 0.4) is 0 Å². The summed E-state index contributed by atoms with van der Waals surface area (Å²) in [4.78, 5) is 8.28. The number of rotatable bonds is 3. The molecule has 14 heavy (non-hydrogen) atoms. The number of hydrogen-bond acceptors (Lipinski definition) is 4. The lowest BCUT2D eigenvalue weighted by molar-refractivity contribution is 1.11. The van der Waals surface area contributed by atoms with Gasteiger partial charge in [0.05, 0.1) is 5.69 Å². The van der Waals surface area contributed by atoms with Crippen LogP contribution in [0.15, 0.2) is 29.9 Å². The lowest BCUT2D eigenvalue weighted by Gasteiger charge is -2.01. The monoisotopic (exact) mass is 205 g/mol. The second kappa shape index (κ2) is 4.19. The molecule has 0 aliphatic carbocycles. The van der Waals surface area contributed by atoms with E-state index in [-0.39, 0.29) is 0 Å². The lowest BCUT2D eigenvalue weighted by atomic mass is 10.3. The maximum absolute atomic E-state index is 4.32. The van der Waals surface area contributed by atoms with E-state index in [0.29, 0.717) is 0 Å². The number of thiazole rings is 1. The summed E-state index contributed by atoms with van der Waals surface area (Å²) in [5.74, 6) is 0. The molecule has 0 amide bonds. The minimum Gasteiger partial charge on any atom is -0.357 e. The van der Waals surface area contributed by atoms with Crippen molar-refractivity contribution in [2.75, 3.05) is 5.32 Å². The maximum Gasteiger partial charge on any atom is 0.183 e. The molecule has 2 aromatic rings. The van der Waals surface area contributed by atoms with Gasteiger partial charge in [0.1, 0.15) is 0 Å². The zero-order chi connectivity index (χ0) is 9.80. The highest BCUT2D eigenvalue weighted by atomic mass is 32.1. The zero-order valence-electron chi connectivity index (χ0n) is 7.90. The normalized spacial score (nSPS) is 10.1. The van der Waals surface area contributed by atoms with Crippen LogP contribution in [-0.2, 0) is 6.54 Å². The highest BCUT2D eigenvalue weighted by molar-refractivity contribution is 7.13. The van der Waals surface area contributed by atoms with E-state index in [1.807, 2.05) is 24.4 Å². The molecule has 3 nitrogen and oxygen atoms in total. The molecule has 1 N–H and O–H groups in total. The van der Waals surface area contributed by atoms with Crippen LogP contribution in [0.2, 0.25) is 0 Å². The van der Waals surface area contributed by atoms with Crippen LogP contribution in [0, 0.1) is 6.92 Å². The van der Waals surface area contributed by atoms with E-state index in [9.17, 15) is 0 Å². The third kappa shape index (κ3) is 2.29. The molecule has 0 fully saturated rings. The van der Waals surface area contributed by atoms with Crippen molar-refractivity contribution in [1.29, 1.82) is 0 Å². The average molecular weight is 205 g/mol. The Morgan fingerprint density at radius 3 is 2.79 bits per heavy atom. The van der Waals surface area contributed by atoms with Crippen molar-refractivity contribution < 1.29 is 0 Å². The van der Waals surface area contributed by atoms with E-state index in [0.717, 1.165) is 17.4 Å². The largest absolute Gasteiger partial charge is 0.357 e. The topological polar surface area (TPSA) is 37.8 Å². The van der Waals surface area contributed by atoms with Crippen molar-refractivity contribution in [2.45, 2.75) is 13.5 Å². The first kappa shape index (κ1) is 9.15. The van der Waals surface area contributed by atoms with Gasteiger partial charge in [-0.25, -0.2) is 4.98 Å². The van der Waals surface area contributed by atoms with Gasteiger partial charge >= 0.3 is 0 Å². The summed E-state index contributed by atoms with van der Waals surface area (Å²) >= 11 is 1.63. The first-order valence-electron chi connectivity index (χ1n) is 4.39. The van der Waals surface area contributed by atoms with Crippen LogP contribution < -0.4 is 5.32 Å². The lowest BCUT2D eigenvalue weighted by Crippen LogP contribution is -1.98. The Hall–Kier alpha value is -1.42. The number of nitrogens with one attached hydrogen (secondary N) is 1. The molecule has 72 valence electrons. The fourth-order valence-electron chi connectivity index (χ4n) is 1.11. The number of aromatic nitrogens is 2. The summed E-state index contributed by atoms with van der Waals surface area (Å²) in [7, 11) is 0. The molecule has 0 bridgehead atoms. The fourth-order valence-corrected chi connectivity index (χ4v) is 1.80. The van der Waals surface area contributed by atoms with Crippen LogP contribution in [0.25, 0.3) is 0 Å². The molecule has 2 aromatic heterocycles. The Morgan fingerprint density at radius 2 is 2.14 bits per heavy atom. The van der Waals surface area contributed by atoms with Crippen molar-refractivity contribution in [2.24, 2.45) is 0 Å². The Labute approximate surface area is 86.8 Å². The molecular weight excluding hydrogens is 194 g/mol. The van der Waals surface area contributed by atoms with Gasteiger partial charge in [-0.05, 0) is 24.6 Å². The molecule has 0 unspecified atom stereocenters. The number of aryl methyl sites for hydroxylation is 1. The van der Waals surface area contributed by atoms with E-state index in [4.69, 9.17) is 0 Å². The first-order valence-corrected chi connectivity index (χ1v) is 5.27. The molecule has 0 spiro atoms. The molecule has 0 saturated carbocycles. The maximum atomic E-state index is 4.32. The Balaban J connectivity index is 1.95. The van der Waals surface area contributed by atoms with Crippen molar-refractivity contribution in [3.05, 3.63) is 41.2 Å². The number of pyridine rings is 1. The van der Waals surface area contributed by atoms with E-state index in [2.05, 4.69) is 15.3 Å². The van der Waals surface area contributed by atoms with Crippen LogP contribution in [-0.4, -0.2) is 9.97 Å². The summed E-state index contributed by atoms with van der Waals surface area (Å²) < 4.78 is 0. The van der Waals surface area contributed by atoms with Crippen molar-refractivity contribution in [3.8, 4) is 0 Å². The predicted octanol–water partition coefficient (Wildman–Crippen LogP) is 2.46. The van der Waals surface area contributed by atoms with Crippen LogP contribution >= 0.6 is 11.3 Å². The van der Waals surface area contributed by atoms with Crippen molar-refractivity contribution >= 4 is 16.5 Å². The minimum atomic E-state index is 0.801. The second-order valence-corrected chi connectivity index (χ2v) is 3.86. The van der Waals surface area contributed by atoms with E-state index < -0.39 is 0 Å². The smallest absolute Gasteiger partial charge is 0.183 e. The van der Waals surface area contributed by atoms with Crippen molar-refractivity contribution in [1.82, 2.24) is 9.97 Å². The van der Waals surface area contributed by atoms with E-state index in [1.54, 1.807) is 23.7 Å². The van der Waals surface area contributed by atoms with Gasteiger partial charge < -0.3 is 5.32 Å². The molecule has 0 aliphatic heterocycles. The Bertz CT molecular complexity index is 397. The van der Waals surface area contributed by atoms with Gasteiger partial charge in [0.2, 0.25) is 0 Å². The van der Waals surface area contributed by atoms with Gasteiger partial charge in [-0.1, -0.05) is 0 Å². The molecule has 4 heteroatoms. The molecule has 2 rings (SSSR count). The van der Waals surface area contributed by atoms with Crippen LogP contribution in [0.5, 0.6) is 0 Å². The standard InChI is InChI=1S/C10H11N3S/c1-8-7-14-10(13-8)12-6-9-2-4-11-5-3-9/h2-5,7H,6H2,1H3,(H,12,13). The predicted molar refractivity (Wildman–Crippen MR) is 58.4 cm³/mol. The van der Waals surface area contributed by atoms with Gasteiger partial charge in [-0.2, -0.15) is 0 Å². The number of hydrogen-bond donors (Lipinski definition) is 1. The van der Waals surface area contributed by atoms with Gasteiger partial charge in [-0.15, -0.1) is 11.3 Å². The Kier molecular flexibility index (Phi) is 2.74. The Morgan fingerprint density at radius 1 is 1.36 bits per heavy atom. The third-order valence-corrected chi connectivity index (χ3v) is 2.73. The van der Waals surface area contributed by atoms with Crippen LogP contribution in [0.1, 0.15) is 11.3 Å². The second-order valence-electron chi connectivity index (χ2n) is 3.00.